The molecular weight excluding hydrogens is 260 g/mol. The molecule has 7 nitrogen and oxygen atoms in total. The molecule has 0 radical (unpaired) electrons. The number of rotatable bonds is 3. The van der Waals surface area contributed by atoms with Crippen LogP contribution < -0.4 is 11.1 Å². The van der Waals surface area contributed by atoms with Crippen molar-refractivity contribution in [2.75, 3.05) is 11.1 Å². The molecule has 20 heavy (non-hydrogen) atoms. The number of hydrogen-bond donors (Lipinski definition) is 2. The fourth-order valence-corrected chi connectivity index (χ4v) is 1.63. The van der Waals surface area contributed by atoms with Gasteiger partial charge in [-0.05, 0) is 31.2 Å². The molecule has 7 heteroatoms. The van der Waals surface area contributed by atoms with Crippen LogP contribution in [0.4, 0.5) is 17.1 Å². The molecule has 0 atom stereocenters. The van der Waals surface area contributed by atoms with E-state index in [0.717, 1.165) is 5.69 Å². The molecule has 0 fully saturated rings. The summed E-state index contributed by atoms with van der Waals surface area (Å²) in [4.78, 5) is 26.4. The average molecular weight is 272 g/mol. The summed E-state index contributed by atoms with van der Waals surface area (Å²) >= 11 is 0. The fourth-order valence-electron chi connectivity index (χ4n) is 1.63. The monoisotopic (exact) mass is 272 g/mol. The summed E-state index contributed by atoms with van der Waals surface area (Å²) < 4.78 is 0. The Bertz CT molecular complexity index is 668. The minimum absolute atomic E-state index is 0.0874. The van der Waals surface area contributed by atoms with Crippen LogP contribution in [0.15, 0.2) is 36.5 Å². The molecule has 102 valence electrons. The molecule has 1 amide bonds. The number of anilines is 2. The zero-order valence-electron chi connectivity index (χ0n) is 10.7. The topological polar surface area (TPSA) is 111 Å². The lowest BCUT2D eigenvalue weighted by molar-refractivity contribution is -0.385. The molecule has 2 rings (SSSR count). The van der Waals surface area contributed by atoms with Crippen molar-refractivity contribution in [3.8, 4) is 0 Å². The van der Waals surface area contributed by atoms with Crippen LogP contribution in [-0.2, 0) is 0 Å². The van der Waals surface area contributed by atoms with Crippen molar-refractivity contribution in [1.82, 2.24) is 4.98 Å². The maximum Gasteiger partial charge on any atom is 0.282 e. The van der Waals surface area contributed by atoms with Crippen molar-refractivity contribution < 1.29 is 9.72 Å². The highest BCUT2D eigenvalue weighted by molar-refractivity contribution is 6.07. The highest BCUT2D eigenvalue weighted by atomic mass is 16.6. The van der Waals surface area contributed by atoms with Gasteiger partial charge in [0.15, 0.2) is 0 Å². The number of nitro groups is 1. The number of nitro benzene ring substituents is 1. The quantitative estimate of drug-likeness (QED) is 0.505. The molecule has 0 spiro atoms. The van der Waals surface area contributed by atoms with Crippen molar-refractivity contribution in [3.05, 3.63) is 57.9 Å². The SMILES string of the molecule is Cc1ccc(NC(=O)c2cc(N)ccc2[N+](=O)[O-])cn1. The van der Waals surface area contributed by atoms with Crippen molar-refractivity contribution in [2.24, 2.45) is 0 Å². The molecule has 0 aliphatic carbocycles. The smallest absolute Gasteiger partial charge is 0.282 e. The maximum absolute atomic E-state index is 12.1. The molecule has 0 unspecified atom stereocenters. The highest BCUT2D eigenvalue weighted by Crippen LogP contribution is 2.22. The van der Waals surface area contributed by atoms with Gasteiger partial charge in [-0.15, -0.1) is 0 Å². The molecule has 1 heterocycles. The van der Waals surface area contributed by atoms with Gasteiger partial charge in [-0.2, -0.15) is 0 Å². The third-order valence-electron chi connectivity index (χ3n) is 2.63. The maximum atomic E-state index is 12.1. The Hall–Kier alpha value is -2.96. The van der Waals surface area contributed by atoms with Gasteiger partial charge < -0.3 is 11.1 Å². The molecule has 3 N–H and O–H groups in total. The van der Waals surface area contributed by atoms with Crippen LogP contribution in [0.3, 0.4) is 0 Å². The van der Waals surface area contributed by atoms with E-state index < -0.39 is 10.8 Å². The van der Waals surface area contributed by atoms with Gasteiger partial charge in [-0.1, -0.05) is 0 Å². The van der Waals surface area contributed by atoms with Crippen LogP contribution in [0.2, 0.25) is 0 Å². The van der Waals surface area contributed by atoms with E-state index in [2.05, 4.69) is 10.3 Å². The number of carbonyl (C=O) groups is 1. The van der Waals surface area contributed by atoms with Crippen molar-refractivity contribution in [2.45, 2.75) is 6.92 Å². The third kappa shape index (κ3) is 2.89. The Morgan fingerprint density at radius 1 is 1.35 bits per heavy atom. The molecule has 1 aromatic carbocycles. The van der Waals surface area contributed by atoms with Crippen LogP contribution in [0.1, 0.15) is 16.1 Å². The van der Waals surface area contributed by atoms with Gasteiger partial charge in [0.25, 0.3) is 11.6 Å². The lowest BCUT2D eigenvalue weighted by atomic mass is 10.1. The molecule has 1 aromatic heterocycles. The van der Waals surface area contributed by atoms with Crippen LogP contribution in [-0.4, -0.2) is 15.8 Å². The van der Waals surface area contributed by atoms with Gasteiger partial charge >= 0.3 is 0 Å². The molecule has 2 aromatic rings. The normalized spacial score (nSPS) is 10.1. The van der Waals surface area contributed by atoms with E-state index in [0.29, 0.717) is 5.69 Å². The van der Waals surface area contributed by atoms with E-state index in [-0.39, 0.29) is 16.9 Å². The first-order valence-electron chi connectivity index (χ1n) is 5.75. The molecule has 0 saturated carbocycles. The van der Waals surface area contributed by atoms with Gasteiger partial charge in [-0.3, -0.25) is 19.9 Å². The standard InChI is InChI=1S/C13H12N4O3/c1-8-2-4-10(7-15-8)16-13(18)11-6-9(14)3-5-12(11)17(19)20/h2-7H,14H2,1H3,(H,16,18). The Kier molecular flexibility index (Phi) is 3.60. The Labute approximate surface area is 114 Å². The largest absolute Gasteiger partial charge is 0.399 e. The Morgan fingerprint density at radius 2 is 2.10 bits per heavy atom. The first-order chi connectivity index (χ1) is 9.47. The summed E-state index contributed by atoms with van der Waals surface area (Å²) in [5.41, 5.74) is 6.72. The summed E-state index contributed by atoms with van der Waals surface area (Å²) in [5, 5.41) is 13.5. The minimum atomic E-state index is -0.623. The lowest BCUT2D eigenvalue weighted by Gasteiger charge is -2.06. The number of benzene rings is 1. The highest BCUT2D eigenvalue weighted by Gasteiger charge is 2.20. The number of carbonyl (C=O) groups excluding carboxylic acids is 1. The second kappa shape index (κ2) is 5.35. The fraction of sp³-hybridized carbons (Fsp3) is 0.0769. The summed E-state index contributed by atoms with van der Waals surface area (Å²) in [6.07, 6.45) is 1.48. The predicted molar refractivity (Wildman–Crippen MR) is 74.4 cm³/mol. The second-order valence-electron chi connectivity index (χ2n) is 4.18. The second-order valence-corrected chi connectivity index (χ2v) is 4.18. The number of hydrogen-bond acceptors (Lipinski definition) is 5. The molecule has 0 bridgehead atoms. The minimum Gasteiger partial charge on any atom is -0.399 e. The van der Waals surface area contributed by atoms with E-state index in [1.807, 2.05) is 6.92 Å². The summed E-state index contributed by atoms with van der Waals surface area (Å²) in [6.45, 7) is 1.81. The van der Waals surface area contributed by atoms with E-state index in [4.69, 9.17) is 5.73 Å². The zero-order chi connectivity index (χ0) is 14.7. The first-order valence-corrected chi connectivity index (χ1v) is 5.75. The van der Waals surface area contributed by atoms with E-state index in [1.165, 1.54) is 24.4 Å². The van der Waals surface area contributed by atoms with Crippen LogP contribution in [0, 0.1) is 17.0 Å². The summed E-state index contributed by atoms with van der Waals surface area (Å²) in [7, 11) is 0. The number of pyridine rings is 1. The average Bonchev–Trinajstić information content (AvgIpc) is 2.41. The molecule has 0 aliphatic rings. The van der Waals surface area contributed by atoms with Gasteiger partial charge in [0.2, 0.25) is 0 Å². The van der Waals surface area contributed by atoms with Crippen LogP contribution in [0.25, 0.3) is 0 Å². The molecular formula is C13H12N4O3. The van der Waals surface area contributed by atoms with Gasteiger partial charge in [0.05, 0.1) is 16.8 Å². The number of aromatic nitrogens is 1. The third-order valence-corrected chi connectivity index (χ3v) is 2.63. The van der Waals surface area contributed by atoms with Crippen LogP contribution in [0.5, 0.6) is 0 Å². The predicted octanol–water partition coefficient (Wildman–Crippen LogP) is 2.13. The van der Waals surface area contributed by atoms with Crippen molar-refractivity contribution in [1.29, 1.82) is 0 Å². The van der Waals surface area contributed by atoms with E-state index in [1.54, 1.807) is 12.1 Å². The van der Waals surface area contributed by atoms with Crippen LogP contribution >= 0.6 is 0 Å². The number of nitrogens with one attached hydrogen (secondary N) is 1. The number of nitrogen functional groups attached to an aromatic ring is 1. The Balaban J connectivity index is 2.31. The van der Waals surface area contributed by atoms with Gasteiger partial charge in [-0.25, -0.2) is 0 Å². The van der Waals surface area contributed by atoms with Gasteiger partial charge in [0.1, 0.15) is 5.56 Å². The van der Waals surface area contributed by atoms with Gasteiger partial charge in [0, 0.05) is 17.4 Å². The van der Waals surface area contributed by atoms with Crippen molar-refractivity contribution >= 4 is 23.0 Å². The lowest BCUT2D eigenvalue weighted by Crippen LogP contribution is -2.14. The zero-order valence-corrected chi connectivity index (χ0v) is 10.7. The van der Waals surface area contributed by atoms with E-state index >= 15 is 0 Å². The Morgan fingerprint density at radius 3 is 2.70 bits per heavy atom. The van der Waals surface area contributed by atoms with Crippen molar-refractivity contribution in [3.63, 3.8) is 0 Å². The summed E-state index contributed by atoms with van der Waals surface area (Å²) in [5.74, 6) is -0.602. The van der Waals surface area contributed by atoms with E-state index in [9.17, 15) is 14.9 Å². The molecule has 0 saturated heterocycles. The number of amides is 1. The molecule has 0 aliphatic heterocycles. The number of aryl methyl sites for hydroxylation is 1. The number of nitrogens with zero attached hydrogens (tertiary/aromatic N) is 2. The summed E-state index contributed by atoms with van der Waals surface area (Å²) in [6, 6.07) is 7.25. The first kappa shape index (κ1) is 13.5. The number of nitrogens with two attached hydrogens (primary N) is 1.